The fraction of sp³-hybridized carbons (Fsp3) is 1.00. The molecule has 0 aliphatic rings. The highest BCUT2D eigenvalue weighted by atomic mass is 31.1. The lowest BCUT2D eigenvalue weighted by atomic mass is 10.1. The van der Waals surface area contributed by atoms with E-state index < -0.39 is 7.25 Å². The molecule has 1 N–H and O–H groups in total. The molecule has 0 aliphatic heterocycles. The third kappa shape index (κ3) is 36.9. The summed E-state index contributed by atoms with van der Waals surface area (Å²) in [7, 11) is -5.36. The molecule has 0 rings (SSSR count). The second-order valence-electron chi connectivity index (χ2n) is 5.62. The number of aliphatic hydroxyl groups is 1. The number of unbranched alkanes of at least 4 members (excludes halogenated alkanes) is 9. The van der Waals surface area contributed by atoms with Crippen LogP contribution in [0.5, 0.6) is 0 Å². The van der Waals surface area contributed by atoms with Crippen LogP contribution in [0.2, 0.25) is 0 Å². The minimum Gasteiger partial charge on any atom is -0.418 e. The van der Waals surface area contributed by atoms with E-state index in [1.165, 1.54) is 76.5 Å². The minimum atomic E-state index is -6.00. The van der Waals surface area contributed by atoms with Crippen LogP contribution in [0.15, 0.2) is 0 Å². The van der Waals surface area contributed by atoms with Gasteiger partial charge in [0.25, 0.3) is 0 Å². The number of halogens is 4. The van der Waals surface area contributed by atoms with Gasteiger partial charge in [0.15, 0.2) is 0 Å². The van der Waals surface area contributed by atoms with E-state index in [0.717, 1.165) is 6.42 Å². The Bertz CT molecular complexity index is 186. The van der Waals surface area contributed by atoms with Crippen molar-refractivity contribution in [3.63, 3.8) is 0 Å². The molecule has 1 unspecified atom stereocenters. The van der Waals surface area contributed by atoms with Gasteiger partial charge >= 0.3 is 7.25 Å². The molecule has 0 heterocycles. The first-order valence-electron chi connectivity index (χ1n) is 8.71. The molecule has 1 nitrogen and oxygen atoms in total. The molecule has 0 aromatic heterocycles. The molecule has 0 aliphatic carbocycles. The fourth-order valence-corrected chi connectivity index (χ4v) is 3.49. The lowest BCUT2D eigenvalue weighted by Crippen LogP contribution is -2.02. The zero-order valence-corrected chi connectivity index (χ0v) is 15.2. The van der Waals surface area contributed by atoms with Crippen molar-refractivity contribution in [1.29, 1.82) is 0 Å². The Kier molecular flexibility index (Phi) is 21.3. The number of hydrogen-bond donors (Lipinski definition) is 1. The second-order valence-corrected chi connectivity index (χ2v) is 7.35. The van der Waals surface area contributed by atoms with Crippen molar-refractivity contribution in [3.8, 4) is 0 Å². The molecule has 7 heteroatoms. The van der Waals surface area contributed by atoms with Crippen molar-refractivity contribution in [2.45, 2.75) is 77.6 Å². The first-order chi connectivity index (χ1) is 10.4. The summed E-state index contributed by atoms with van der Waals surface area (Å²) in [6, 6.07) is 0. The van der Waals surface area contributed by atoms with E-state index in [-0.39, 0.29) is 0 Å². The Balaban J connectivity index is 0. The van der Waals surface area contributed by atoms with Gasteiger partial charge in [-0.05, 0) is 21.4 Å². The van der Waals surface area contributed by atoms with Crippen LogP contribution in [-0.2, 0) is 0 Å². The van der Waals surface area contributed by atoms with Crippen LogP contribution in [0, 0.1) is 0 Å². The molecule has 0 saturated carbocycles. The Morgan fingerprint density at radius 3 is 1.45 bits per heavy atom. The summed E-state index contributed by atoms with van der Waals surface area (Å²) in [6.07, 6.45) is 18.2. The van der Waals surface area contributed by atoms with Gasteiger partial charge in [0.05, 0.1) is 12.3 Å². The van der Waals surface area contributed by atoms with E-state index in [1.807, 2.05) is 0 Å². The van der Waals surface area contributed by atoms with E-state index in [0.29, 0.717) is 15.2 Å². The third-order valence-electron chi connectivity index (χ3n) is 3.33. The minimum absolute atomic E-state index is 0.394. The van der Waals surface area contributed by atoms with Crippen molar-refractivity contribution in [1.82, 2.24) is 0 Å². The molecule has 0 fully saturated rings. The number of hydrogen-bond acceptors (Lipinski definition) is 1. The highest BCUT2D eigenvalue weighted by Gasteiger charge is 2.20. The monoisotopic (exact) mass is 348 g/mol. The Morgan fingerprint density at radius 1 is 0.682 bits per heavy atom. The summed E-state index contributed by atoms with van der Waals surface area (Å²) in [4.78, 5) is 0. The van der Waals surface area contributed by atoms with Crippen LogP contribution in [0.1, 0.15) is 77.6 Å². The van der Waals surface area contributed by atoms with Gasteiger partial charge in [-0.25, -0.2) is 0 Å². The van der Waals surface area contributed by atoms with Crippen LogP contribution in [0.3, 0.4) is 0 Å². The summed E-state index contributed by atoms with van der Waals surface area (Å²) >= 11 is 0. The van der Waals surface area contributed by atoms with Crippen molar-refractivity contribution < 1.29 is 22.4 Å². The summed E-state index contributed by atoms with van der Waals surface area (Å²) in [5, 5.41) is 8.66. The van der Waals surface area contributed by atoms with Gasteiger partial charge in [-0.3, -0.25) is 0 Å². The van der Waals surface area contributed by atoms with Crippen LogP contribution >= 0.6 is 8.58 Å². The maximum absolute atomic E-state index is 9.75. The Morgan fingerprint density at radius 2 is 1.05 bits per heavy atom. The first-order valence-corrected chi connectivity index (χ1v) is 10.3. The lowest BCUT2D eigenvalue weighted by molar-refractivity contribution is 0.296. The number of aliphatic hydroxyl groups excluding tert-OH is 1. The van der Waals surface area contributed by atoms with Crippen LogP contribution in [-0.4, -0.2) is 31.3 Å². The quantitative estimate of drug-likeness (QED) is 0.177. The highest BCUT2D eigenvalue weighted by molar-refractivity contribution is 7.37. The van der Waals surface area contributed by atoms with Crippen molar-refractivity contribution in [3.05, 3.63) is 0 Å². The van der Waals surface area contributed by atoms with Crippen molar-refractivity contribution in [2.75, 3.05) is 18.9 Å². The molecule has 1 atom stereocenters. The molecule has 0 bridgehead atoms. The van der Waals surface area contributed by atoms with Gasteiger partial charge in [-0.1, -0.05) is 58.3 Å². The van der Waals surface area contributed by atoms with Crippen molar-refractivity contribution >= 4 is 15.8 Å². The zero-order chi connectivity index (χ0) is 17.1. The van der Waals surface area contributed by atoms with Gasteiger partial charge < -0.3 is 22.4 Å². The predicted molar refractivity (Wildman–Crippen MR) is 93.2 cm³/mol. The van der Waals surface area contributed by atoms with Gasteiger partial charge in [0, 0.05) is 13.0 Å². The van der Waals surface area contributed by atoms with E-state index in [9.17, 15) is 17.3 Å². The molecule has 22 heavy (non-hydrogen) atoms. The largest absolute Gasteiger partial charge is 0.673 e. The summed E-state index contributed by atoms with van der Waals surface area (Å²) in [5.74, 6) is 0. The van der Waals surface area contributed by atoms with Gasteiger partial charge in [-0.15, -0.1) is 0 Å². The molecule has 0 saturated heterocycles. The van der Waals surface area contributed by atoms with E-state index in [1.54, 1.807) is 0 Å². The molecule has 136 valence electrons. The summed E-state index contributed by atoms with van der Waals surface area (Å²) < 4.78 is 39.0. The summed E-state index contributed by atoms with van der Waals surface area (Å²) in [6.45, 7) is 2.67. The maximum Gasteiger partial charge on any atom is 0.673 e. The standard InChI is InChI=1S/C15H33OP.BF4/c1-2-3-4-5-6-7-8-9-10-11-14-17-15-12-13-16;2-1(3,4)5/h16-17H,2-15H2,1H3;/q;-1/p+1. The molecule has 0 amide bonds. The topological polar surface area (TPSA) is 20.2 Å². The fourth-order valence-electron chi connectivity index (χ4n) is 2.16. The Labute approximate surface area is 135 Å². The van der Waals surface area contributed by atoms with Gasteiger partial charge in [-0.2, -0.15) is 0 Å². The zero-order valence-electron chi connectivity index (χ0n) is 14.0. The molecular formula is C15H34BF4OP. The van der Waals surface area contributed by atoms with Crippen LogP contribution in [0.25, 0.3) is 0 Å². The van der Waals surface area contributed by atoms with E-state index >= 15 is 0 Å². The van der Waals surface area contributed by atoms with E-state index in [2.05, 4.69) is 6.92 Å². The molecular weight excluding hydrogens is 314 g/mol. The lowest BCUT2D eigenvalue weighted by Gasteiger charge is -2.01. The third-order valence-corrected chi connectivity index (χ3v) is 4.96. The predicted octanol–water partition coefficient (Wildman–Crippen LogP) is 6.00. The SMILES string of the molecule is CCCCCCCCCCCC[PH2+]CCCO.F[B-](F)(F)F. The average molecular weight is 348 g/mol. The second kappa shape index (κ2) is 19.2. The molecule has 0 radical (unpaired) electrons. The smallest absolute Gasteiger partial charge is 0.418 e. The van der Waals surface area contributed by atoms with Gasteiger partial charge in [0.2, 0.25) is 0 Å². The van der Waals surface area contributed by atoms with Crippen LogP contribution < -0.4 is 0 Å². The first kappa shape index (κ1) is 24.4. The molecule has 0 spiro atoms. The molecule has 0 aromatic carbocycles. The van der Waals surface area contributed by atoms with E-state index in [4.69, 9.17) is 5.11 Å². The maximum atomic E-state index is 9.75. The summed E-state index contributed by atoms with van der Waals surface area (Å²) in [5.41, 5.74) is 0. The van der Waals surface area contributed by atoms with Gasteiger partial charge in [0.1, 0.15) is 0 Å². The van der Waals surface area contributed by atoms with Crippen LogP contribution in [0.4, 0.5) is 17.3 Å². The average Bonchev–Trinajstić information content (AvgIpc) is 2.42. The Hall–Kier alpha value is 0.175. The highest BCUT2D eigenvalue weighted by Crippen LogP contribution is 2.16. The van der Waals surface area contributed by atoms with Crippen molar-refractivity contribution in [2.24, 2.45) is 0 Å². The number of rotatable bonds is 14. The normalized spacial score (nSPS) is 11.7. The molecule has 0 aromatic rings.